The fourth-order valence-corrected chi connectivity index (χ4v) is 5.91. The molecule has 344 valence electrons. The number of carboxylic acids is 1. The van der Waals surface area contributed by atoms with E-state index in [0.717, 1.165) is 51.4 Å². The number of aliphatic hydroxyl groups is 1. The molecule has 0 amide bonds. The maximum absolute atomic E-state index is 12.6. The molecule has 0 aromatic rings. The van der Waals surface area contributed by atoms with Gasteiger partial charge in [-0.25, -0.2) is 4.57 Å². The number of phosphoric ester groups is 1. The van der Waals surface area contributed by atoms with Crippen LogP contribution in [0.4, 0.5) is 0 Å². The van der Waals surface area contributed by atoms with Crippen molar-refractivity contribution >= 4 is 25.7 Å². The number of nitrogens with two attached hydrogens (primary N) is 1. The molecule has 0 radical (unpaired) electrons. The Bertz CT molecular complexity index is 1460. The first-order chi connectivity index (χ1) is 29.5. The molecule has 0 saturated heterocycles. The number of carboxylic acid groups (broad SMARTS) is 1. The van der Waals surface area contributed by atoms with E-state index in [2.05, 4.69) is 91.3 Å². The minimum atomic E-state index is -4.79. The zero-order valence-electron chi connectivity index (χ0n) is 36.8. The minimum Gasteiger partial charge on any atom is -0.480 e. The van der Waals surface area contributed by atoms with Crippen LogP contribution in [0.1, 0.15) is 136 Å². The highest BCUT2D eigenvalue weighted by Crippen LogP contribution is 2.43. The normalized spacial score (nSPS) is 15.2. The highest BCUT2D eigenvalue weighted by atomic mass is 31.2. The molecule has 61 heavy (non-hydrogen) atoms. The Kier molecular flexibility index (Phi) is 38.8. The maximum Gasteiger partial charge on any atom is 0.472 e. The van der Waals surface area contributed by atoms with Crippen molar-refractivity contribution in [3.63, 3.8) is 0 Å². The van der Waals surface area contributed by atoms with Crippen LogP contribution >= 0.6 is 7.82 Å². The van der Waals surface area contributed by atoms with Crippen LogP contribution in [0.2, 0.25) is 0 Å². The quantitative estimate of drug-likeness (QED) is 0.0150. The minimum absolute atomic E-state index is 0.0329. The van der Waals surface area contributed by atoms with Gasteiger partial charge < -0.3 is 30.3 Å². The van der Waals surface area contributed by atoms with Crippen LogP contribution in [0.3, 0.4) is 0 Å². The van der Waals surface area contributed by atoms with E-state index in [1.807, 2.05) is 24.3 Å². The van der Waals surface area contributed by atoms with E-state index in [1.165, 1.54) is 38.5 Å². The SMILES string of the molecule is CC/C=C\C/C=C\C/C=C\C/C=C\C/C=C\C=C/C(O)CCC(=O)OC[C@H](COP(=O)(O)OC[C@H](N)C(=O)O)OC(=O)CCC/C=C\C/C=C\C/C=C\CCCCCCCC. The number of rotatable bonds is 39. The van der Waals surface area contributed by atoms with Crippen molar-refractivity contribution in [3.8, 4) is 0 Å². The molecule has 13 heteroatoms. The van der Waals surface area contributed by atoms with Crippen LogP contribution in [0.25, 0.3) is 0 Å². The second kappa shape index (κ2) is 41.5. The lowest BCUT2D eigenvalue weighted by molar-refractivity contribution is -0.161. The van der Waals surface area contributed by atoms with E-state index < -0.39 is 63.8 Å². The molecule has 4 atom stereocenters. The molecule has 0 aliphatic heterocycles. The van der Waals surface area contributed by atoms with Crippen LogP contribution in [0.15, 0.2) is 109 Å². The summed E-state index contributed by atoms with van der Waals surface area (Å²) in [5, 5.41) is 19.2. The van der Waals surface area contributed by atoms with Gasteiger partial charge in [0.05, 0.1) is 19.3 Å². The first-order valence-electron chi connectivity index (χ1n) is 22.0. The van der Waals surface area contributed by atoms with E-state index >= 15 is 0 Å². The van der Waals surface area contributed by atoms with Crippen molar-refractivity contribution in [2.45, 2.75) is 154 Å². The van der Waals surface area contributed by atoms with Gasteiger partial charge in [0.2, 0.25) is 0 Å². The second-order valence-corrected chi connectivity index (χ2v) is 15.7. The Morgan fingerprint density at radius 3 is 1.69 bits per heavy atom. The van der Waals surface area contributed by atoms with Crippen LogP contribution in [0.5, 0.6) is 0 Å². The number of aliphatic carboxylic acids is 1. The molecule has 0 aliphatic rings. The molecule has 0 heterocycles. The van der Waals surface area contributed by atoms with E-state index in [4.69, 9.17) is 24.8 Å². The molecular weight excluding hydrogens is 797 g/mol. The highest BCUT2D eigenvalue weighted by Gasteiger charge is 2.28. The fraction of sp³-hybridized carbons (Fsp3) is 0.562. The van der Waals surface area contributed by atoms with Gasteiger partial charge in [-0.05, 0) is 77.0 Å². The van der Waals surface area contributed by atoms with Crippen LogP contribution in [-0.2, 0) is 37.5 Å². The molecule has 0 rings (SSSR count). The first-order valence-corrected chi connectivity index (χ1v) is 23.5. The van der Waals surface area contributed by atoms with Gasteiger partial charge >= 0.3 is 25.7 Å². The number of esters is 2. The van der Waals surface area contributed by atoms with Gasteiger partial charge in [-0.1, -0.05) is 155 Å². The van der Waals surface area contributed by atoms with Crippen molar-refractivity contribution in [1.82, 2.24) is 0 Å². The summed E-state index contributed by atoms with van der Waals surface area (Å²) >= 11 is 0. The Morgan fingerprint density at radius 2 is 1.11 bits per heavy atom. The number of phosphoric acid groups is 1. The summed E-state index contributed by atoms with van der Waals surface area (Å²) < 4.78 is 32.4. The predicted molar refractivity (Wildman–Crippen MR) is 246 cm³/mol. The molecule has 0 spiro atoms. The van der Waals surface area contributed by atoms with Crippen molar-refractivity contribution in [1.29, 1.82) is 0 Å². The number of unbranched alkanes of at least 4 members (excludes halogenated alkanes) is 7. The monoisotopic (exact) mass is 874 g/mol. The first kappa shape index (κ1) is 57.1. The van der Waals surface area contributed by atoms with Gasteiger partial charge in [-0.3, -0.25) is 23.4 Å². The van der Waals surface area contributed by atoms with Crippen molar-refractivity contribution in [2.24, 2.45) is 5.73 Å². The predicted octanol–water partition coefficient (Wildman–Crippen LogP) is 10.8. The van der Waals surface area contributed by atoms with E-state index in [9.17, 15) is 28.9 Å². The van der Waals surface area contributed by atoms with Gasteiger partial charge in [0.25, 0.3) is 0 Å². The molecule has 5 N–H and O–H groups in total. The van der Waals surface area contributed by atoms with Gasteiger partial charge in [0, 0.05) is 12.8 Å². The summed E-state index contributed by atoms with van der Waals surface area (Å²) in [6.45, 7) is 2.36. The smallest absolute Gasteiger partial charge is 0.472 e. The van der Waals surface area contributed by atoms with Gasteiger partial charge in [0.15, 0.2) is 6.10 Å². The van der Waals surface area contributed by atoms with Gasteiger partial charge in [-0.15, -0.1) is 0 Å². The van der Waals surface area contributed by atoms with Gasteiger partial charge in [0.1, 0.15) is 12.6 Å². The lowest BCUT2D eigenvalue weighted by Gasteiger charge is -2.20. The lowest BCUT2D eigenvalue weighted by Crippen LogP contribution is -2.34. The number of hydrogen-bond donors (Lipinski definition) is 4. The maximum atomic E-state index is 12.6. The van der Waals surface area contributed by atoms with Crippen molar-refractivity contribution in [3.05, 3.63) is 109 Å². The Hall–Kier alpha value is -3.90. The third kappa shape index (κ3) is 41.2. The Morgan fingerprint density at radius 1 is 0.607 bits per heavy atom. The summed E-state index contributed by atoms with van der Waals surface area (Å²) in [5.74, 6) is -2.77. The number of allylic oxidation sites excluding steroid dienone is 17. The number of carbonyl (C=O) groups excluding carboxylic acids is 2. The average Bonchev–Trinajstić information content (AvgIpc) is 3.23. The van der Waals surface area contributed by atoms with Crippen molar-refractivity contribution in [2.75, 3.05) is 19.8 Å². The van der Waals surface area contributed by atoms with Crippen LogP contribution in [0, 0.1) is 0 Å². The molecule has 12 nitrogen and oxygen atoms in total. The molecule has 2 unspecified atom stereocenters. The van der Waals surface area contributed by atoms with Crippen LogP contribution < -0.4 is 5.73 Å². The summed E-state index contributed by atoms with van der Waals surface area (Å²) in [6, 6.07) is -1.57. The third-order valence-electron chi connectivity index (χ3n) is 8.62. The molecule has 0 aromatic carbocycles. The zero-order valence-corrected chi connectivity index (χ0v) is 37.7. The standard InChI is InChI=1S/C48H76NO11P/c1-3-5-7-9-11-13-15-17-19-21-23-25-27-29-31-33-35-37-47(52)60-44(41-58-61(55,56)59-42-45(49)48(53)54)40-57-46(51)39-38-43(50)36-34-32-30-28-26-24-22-20-18-16-14-12-10-8-6-4-2/h6,8,12,14,17-20,23-26,29-32,34,36,43-45,50H,3-5,7,9-11,13,15-16,21-22,27-28,33,35,37-42,49H2,1-2H3,(H,53,54)(H,55,56)/b8-6-,14-12-,19-17-,20-18-,25-23-,26-24-,31-29-,32-30-,36-34-/t43?,44-,45+/m1/s1. The third-order valence-corrected chi connectivity index (χ3v) is 9.57. The number of aliphatic hydroxyl groups excluding tert-OH is 1. The Labute approximate surface area is 366 Å². The largest absolute Gasteiger partial charge is 0.480 e. The zero-order chi connectivity index (χ0) is 45.1. The molecule has 0 bridgehead atoms. The second-order valence-electron chi connectivity index (χ2n) is 14.3. The topological polar surface area (TPSA) is 192 Å². The lowest BCUT2D eigenvalue weighted by atomic mass is 10.1. The van der Waals surface area contributed by atoms with E-state index in [1.54, 1.807) is 12.2 Å². The Balaban J connectivity index is 4.69. The summed E-state index contributed by atoms with van der Waals surface area (Å²) in [6.07, 6.45) is 50.7. The number of hydrogen-bond acceptors (Lipinski definition) is 10. The molecule has 0 saturated carbocycles. The van der Waals surface area contributed by atoms with Gasteiger partial charge in [-0.2, -0.15) is 0 Å². The molecule has 0 aliphatic carbocycles. The molecular formula is C48H76NO11P. The molecule has 0 fully saturated rings. The summed E-state index contributed by atoms with van der Waals surface area (Å²) in [7, 11) is -4.79. The van der Waals surface area contributed by atoms with E-state index in [0.29, 0.717) is 12.8 Å². The number of ether oxygens (including phenoxy) is 2. The molecule has 0 aromatic heterocycles. The fourth-order valence-electron chi connectivity index (χ4n) is 5.13. The van der Waals surface area contributed by atoms with E-state index in [-0.39, 0.29) is 19.3 Å². The summed E-state index contributed by atoms with van der Waals surface area (Å²) in [5.41, 5.74) is 5.32. The van der Waals surface area contributed by atoms with Crippen molar-refractivity contribution < 1.29 is 52.6 Å². The summed E-state index contributed by atoms with van der Waals surface area (Å²) in [4.78, 5) is 46.0. The average molecular weight is 874 g/mol. The number of carbonyl (C=O) groups is 3. The van der Waals surface area contributed by atoms with Crippen LogP contribution in [-0.4, -0.2) is 71.1 Å². The highest BCUT2D eigenvalue weighted by molar-refractivity contribution is 7.47.